The van der Waals surface area contributed by atoms with Crippen molar-refractivity contribution >= 4 is 46.2 Å². The second kappa shape index (κ2) is 18.6. The second-order valence-corrected chi connectivity index (χ2v) is 17.7. The maximum Gasteiger partial charge on any atom is 0.282 e. The van der Waals surface area contributed by atoms with Crippen LogP contribution >= 0.6 is 22.9 Å². The van der Waals surface area contributed by atoms with Gasteiger partial charge in [-0.05, 0) is 99.2 Å². The number of aryl methyl sites for hydroxylation is 1. The highest BCUT2D eigenvalue weighted by Crippen LogP contribution is 2.49. The van der Waals surface area contributed by atoms with Crippen LogP contribution in [0.1, 0.15) is 112 Å². The van der Waals surface area contributed by atoms with Gasteiger partial charge in [0.15, 0.2) is 0 Å². The fourth-order valence-electron chi connectivity index (χ4n) is 8.76. The van der Waals surface area contributed by atoms with Gasteiger partial charge in [0, 0.05) is 31.7 Å². The molecule has 1 saturated heterocycles. The molecule has 5 heterocycles. The normalized spacial score (nSPS) is 18.8. The van der Waals surface area contributed by atoms with Crippen molar-refractivity contribution in [2.45, 2.75) is 110 Å². The summed E-state index contributed by atoms with van der Waals surface area (Å²) in [6.07, 6.45) is 8.08. The lowest BCUT2D eigenvalue weighted by Crippen LogP contribution is -2.32. The first-order valence-corrected chi connectivity index (χ1v) is 22.1. The number of likely N-dealkylation sites (tertiary alicyclic amines) is 1. The van der Waals surface area contributed by atoms with Crippen LogP contribution in [0, 0.1) is 6.92 Å². The number of halogens is 1. The molecular weight excluding hydrogens is 796 g/mol. The van der Waals surface area contributed by atoms with Crippen molar-refractivity contribution in [3.8, 4) is 16.1 Å². The summed E-state index contributed by atoms with van der Waals surface area (Å²) >= 11 is 8.09. The number of aliphatic hydroxyl groups excluding tert-OH is 1. The smallest absolute Gasteiger partial charge is 0.282 e. The summed E-state index contributed by atoms with van der Waals surface area (Å²) in [4.78, 5) is 47.5. The van der Waals surface area contributed by atoms with Crippen LogP contribution in [0.2, 0.25) is 5.02 Å². The van der Waals surface area contributed by atoms with E-state index in [9.17, 15) is 19.5 Å². The predicted octanol–water partition coefficient (Wildman–Crippen LogP) is 8.09. The van der Waals surface area contributed by atoms with Crippen molar-refractivity contribution in [3.63, 3.8) is 0 Å². The molecule has 0 radical (unpaired) electrons. The number of nitrogens with zero attached hydrogens (tertiary/aromatic N) is 7. The molecule has 9 rings (SSSR count). The number of β-amino-alcohol motifs (C(OH)–C–C–N with tert-alkyl or cyclic N) is 1. The van der Waals surface area contributed by atoms with E-state index in [1.807, 2.05) is 42.9 Å². The summed E-state index contributed by atoms with van der Waals surface area (Å²) in [5.41, 5.74) is 9.83. The molecule has 3 aliphatic rings. The van der Waals surface area contributed by atoms with Gasteiger partial charge in [0.1, 0.15) is 12.4 Å². The number of thiazole rings is 1. The lowest BCUT2D eigenvalue weighted by Gasteiger charge is -2.31. The Bertz CT molecular complexity index is 2520. The van der Waals surface area contributed by atoms with E-state index >= 15 is 0 Å². The molecule has 60 heavy (non-hydrogen) atoms. The fourth-order valence-corrected chi connectivity index (χ4v) is 9.83. The summed E-state index contributed by atoms with van der Waals surface area (Å²) in [5, 5.41) is 21.9. The van der Waals surface area contributed by atoms with Crippen molar-refractivity contribution in [3.05, 3.63) is 122 Å². The molecule has 2 N–H and O–H groups in total. The maximum atomic E-state index is 13.0. The summed E-state index contributed by atoms with van der Waals surface area (Å²) in [6.45, 7) is 12.3. The van der Waals surface area contributed by atoms with E-state index in [2.05, 4.69) is 88.2 Å². The molecule has 14 heteroatoms. The van der Waals surface area contributed by atoms with Gasteiger partial charge in [0.25, 0.3) is 5.56 Å². The lowest BCUT2D eigenvalue weighted by molar-refractivity contribution is -0.131. The molecule has 0 bridgehead atoms. The highest BCUT2D eigenvalue weighted by molar-refractivity contribution is 7.13. The minimum Gasteiger partial charge on any atom is -0.391 e. The van der Waals surface area contributed by atoms with Crippen molar-refractivity contribution < 1.29 is 14.7 Å². The third-order valence-corrected chi connectivity index (χ3v) is 13.0. The molecule has 1 aliphatic carbocycles. The first-order chi connectivity index (χ1) is 28.9. The Morgan fingerprint density at radius 3 is 2.40 bits per heavy atom. The molecular formula is C46H53ClN8O4S. The molecule has 1 saturated carbocycles. The number of hydrogen-bond acceptors (Lipinski definition) is 9. The van der Waals surface area contributed by atoms with Gasteiger partial charge in [-0.2, -0.15) is 4.98 Å². The van der Waals surface area contributed by atoms with Gasteiger partial charge in [-0.15, -0.1) is 16.4 Å². The Morgan fingerprint density at radius 1 is 1.02 bits per heavy atom. The van der Waals surface area contributed by atoms with Gasteiger partial charge in [-0.25, -0.2) is 9.67 Å². The van der Waals surface area contributed by atoms with Crippen molar-refractivity contribution in [2.75, 3.05) is 13.1 Å². The van der Waals surface area contributed by atoms with Crippen LogP contribution < -0.4 is 10.9 Å². The van der Waals surface area contributed by atoms with Crippen LogP contribution in [-0.4, -0.2) is 71.0 Å². The number of aliphatic hydroxyl groups is 1. The van der Waals surface area contributed by atoms with E-state index in [0.29, 0.717) is 54.7 Å². The predicted molar refractivity (Wildman–Crippen MR) is 237 cm³/mol. The molecule has 2 fully saturated rings. The monoisotopic (exact) mass is 848 g/mol. The minimum atomic E-state index is -0.431. The second-order valence-electron chi connectivity index (χ2n) is 16.4. The molecule has 12 nitrogen and oxygen atoms in total. The number of carbonyl (C=O) groups excluding carboxylic acids is 2. The molecule has 1 atom stereocenters. The Labute approximate surface area is 359 Å². The highest BCUT2D eigenvalue weighted by atomic mass is 35.5. The van der Waals surface area contributed by atoms with Gasteiger partial charge in [-0.1, -0.05) is 79.5 Å². The summed E-state index contributed by atoms with van der Waals surface area (Å²) in [7, 11) is 0. The number of aromatic nitrogens is 6. The summed E-state index contributed by atoms with van der Waals surface area (Å²) < 4.78 is 3.75. The Balaban J connectivity index is 0.000000239. The van der Waals surface area contributed by atoms with Crippen molar-refractivity contribution in [1.29, 1.82) is 0 Å². The third-order valence-electron chi connectivity index (χ3n) is 11.7. The Kier molecular flexibility index (Phi) is 13.3. The lowest BCUT2D eigenvalue weighted by atomic mass is 9.72. The minimum absolute atomic E-state index is 0.0326. The zero-order chi connectivity index (χ0) is 42.6. The highest BCUT2D eigenvalue weighted by Gasteiger charge is 2.42. The quantitative estimate of drug-likeness (QED) is 0.146. The molecule has 0 spiro atoms. The van der Waals surface area contributed by atoms with Crippen LogP contribution in [0.4, 0.5) is 0 Å². The van der Waals surface area contributed by atoms with E-state index in [4.69, 9.17) is 11.6 Å². The molecule has 1 unspecified atom stereocenters. The SMILES string of the molecule is CC1(C)c2c(C3CCC(c4cn(CC(=O)N5CCC(O)C5)nn4)CC3)cccc2-n2c1nc(=O)c1c(Cl)cccc12.CCC.Cc1ncsc1-c1ccc(CNC=O)cc1. The van der Waals surface area contributed by atoms with Crippen molar-refractivity contribution in [2.24, 2.45) is 0 Å². The van der Waals surface area contributed by atoms with E-state index in [-0.39, 0.29) is 18.0 Å². The standard InChI is InChI=1S/C31H33ClN6O3.C12H12N2OS.C3H8/c1-31(2)28-21(5-3-8-25(28)38-24-7-4-6-22(32)27(24)29(41)33-30(31)38)18-9-11-19(12-10-18)23-16-37(35-34-23)17-26(40)36-14-13-20(39)15-36;1-9-12(16-8-14-9)11-4-2-10(3-5-11)6-13-7-15;1-3-2/h3-8,16,18-20,39H,9-15,17H2,1-2H3;2-5,7-8H,6H2,1H3,(H,13,15);3H2,1-2H3. The van der Waals surface area contributed by atoms with Gasteiger partial charge >= 0.3 is 0 Å². The van der Waals surface area contributed by atoms with E-state index in [0.717, 1.165) is 59.7 Å². The number of fused-ring (bicyclic) bond motifs is 5. The Morgan fingerprint density at radius 2 is 1.73 bits per heavy atom. The van der Waals surface area contributed by atoms with Crippen LogP contribution in [0.3, 0.4) is 0 Å². The van der Waals surface area contributed by atoms with Gasteiger partial charge < -0.3 is 15.3 Å². The molecule has 3 aromatic carbocycles. The number of carbonyl (C=O) groups is 2. The number of rotatable bonds is 8. The zero-order valence-corrected chi connectivity index (χ0v) is 36.5. The van der Waals surface area contributed by atoms with E-state index in [1.165, 1.54) is 28.0 Å². The van der Waals surface area contributed by atoms with Gasteiger partial charge in [0.05, 0.1) is 54.9 Å². The van der Waals surface area contributed by atoms with Crippen LogP contribution in [-0.2, 0) is 28.1 Å². The average Bonchev–Trinajstić information content (AvgIpc) is 4.05. The van der Waals surface area contributed by atoms with E-state index < -0.39 is 11.5 Å². The first kappa shape index (κ1) is 42.9. The molecule has 3 aromatic heterocycles. The number of benzene rings is 3. The van der Waals surface area contributed by atoms with Crippen LogP contribution in [0.5, 0.6) is 0 Å². The number of amides is 2. The van der Waals surface area contributed by atoms with Crippen LogP contribution in [0.25, 0.3) is 27.0 Å². The number of hydrogen-bond donors (Lipinski definition) is 2. The summed E-state index contributed by atoms with van der Waals surface area (Å²) in [5.74, 6) is 1.41. The average molecular weight is 850 g/mol. The third kappa shape index (κ3) is 8.80. The van der Waals surface area contributed by atoms with Crippen molar-refractivity contribution in [1.82, 2.24) is 39.7 Å². The molecule has 2 aliphatic heterocycles. The van der Waals surface area contributed by atoms with E-state index in [1.54, 1.807) is 27.0 Å². The maximum absolute atomic E-state index is 13.0. The molecule has 2 amide bonds. The zero-order valence-electron chi connectivity index (χ0n) is 34.9. The first-order valence-electron chi connectivity index (χ1n) is 20.8. The number of nitrogens with one attached hydrogen (secondary N) is 1. The molecule has 6 aromatic rings. The Hall–Kier alpha value is -5.24. The summed E-state index contributed by atoms with van der Waals surface area (Å²) in [6, 6.07) is 20.2. The fraction of sp³-hybridized carbons (Fsp3) is 0.413. The topological polar surface area (TPSA) is 148 Å². The van der Waals surface area contributed by atoms with Gasteiger partial charge in [0.2, 0.25) is 12.3 Å². The largest absolute Gasteiger partial charge is 0.391 e. The van der Waals surface area contributed by atoms with Gasteiger partial charge in [-0.3, -0.25) is 19.0 Å². The molecule has 314 valence electrons. The van der Waals surface area contributed by atoms with Crippen LogP contribution in [0.15, 0.2) is 77.2 Å².